The SMILES string of the molecule is Cc1ccc(-n2c(=O)c3c[nH]nc3c3cnc(NCC4CN(C)c5ccccc5O4)nc32)c(F)c1. The van der Waals surface area contributed by atoms with Crippen molar-refractivity contribution in [1.29, 1.82) is 0 Å². The molecule has 3 aromatic heterocycles. The van der Waals surface area contributed by atoms with Crippen LogP contribution in [0.25, 0.3) is 27.6 Å². The first-order chi connectivity index (χ1) is 17.0. The van der Waals surface area contributed by atoms with Crippen LogP contribution >= 0.6 is 0 Å². The third-order valence-electron chi connectivity index (χ3n) is 6.19. The molecule has 0 fully saturated rings. The summed E-state index contributed by atoms with van der Waals surface area (Å²) >= 11 is 0. The predicted octanol–water partition coefficient (Wildman–Crippen LogP) is 3.41. The number of halogens is 1. The molecule has 0 aliphatic carbocycles. The van der Waals surface area contributed by atoms with Gasteiger partial charge in [0, 0.05) is 19.4 Å². The maximum absolute atomic E-state index is 15.0. The molecule has 5 aromatic rings. The van der Waals surface area contributed by atoms with Gasteiger partial charge in [0.1, 0.15) is 23.2 Å². The quantitative estimate of drug-likeness (QED) is 0.414. The summed E-state index contributed by atoms with van der Waals surface area (Å²) < 4.78 is 22.3. The monoisotopic (exact) mass is 471 g/mol. The van der Waals surface area contributed by atoms with Crippen LogP contribution in [-0.2, 0) is 0 Å². The van der Waals surface area contributed by atoms with Gasteiger partial charge in [-0.2, -0.15) is 10.1 Å². The number of anilines is 2. The fourth-order valence-corrected chi connectivity index (χ4v) is 4.49. The minimum atomic E-state index is -0.512. The molecule has 4 heterocycles. The third kappa shape index (κ3) is 3.54. The second kappa shape index (κ2) is 8.08. The molecule has 0 bridgehead atoms. The van der Waals surface area contributed by atoms with E-state index in [4.69, 9.17) is 4.74 Å². The van der Waals surface area contributed by atoms with Crippen molar-refractivity contribution in [2.24, 2.45) is 0 Å². The van der Waals surface area contributed by atoms with Gasteiger partial charge in [-0.25, -0.2) is 9.37 Å². The standard InChI is InChI=1S/C25H22FN7O2/c1-14-7-8-19(18(26)9-14)33-23-16(22-17(24(33)34)12-29-31-22)11-28-25(30-23)27-10-15-13-32(2)20-5-3-4-6-21(20)35-15/h3-9,11-12,15H,10,13H2,1-2H3,(H,29,31)(H,27,28,30). The van der Waals surface area contributed by atoms with E-state index in [0.29, 0.717) is 35.3 Å². The molecule has 9 nitrogen and oxygen atoms in total. The van der Waals surface area contributed by atoms with Crippen LogP contribution < -0.4 is 20.5 Å². The van der Waals surface area contributed by atoms with Gasteiger partial charge in [0.2, 0.25) is 5.95 Å². The summed E-state index contributed by atoms with van der Waals surface area (Å²) in [5.41, 5.74) is 2.20. The van der Waals surface area contributed by atoms with Crippen molar-refractivity contribution in [1.82, 2.24) is 24.7 Å². The second-order valence-electron chi connectivity index (χ2n) is 8.64. The zero-order chi connectivity index (χ0) is 24.1. The molecule has 0 radical (unpaired) electrons. The van der Waals surface area contributed by atoms with Gasteiger partial charge < -0.3 is 15.0 Å². The van der Waals surface area contributed by atoms with Crippen molar-refractivity contribution in [3.8, 4) is 11.4 Å². The fourth-order valence-electron chi connectivity index (χ4n) is 4.49. The lowest BCUT2D eigenvalue weighted by molar-refractivity contribution is 0.208. The second-order valence-corrected chi connectivity index (χ2v) is 8.64. The summed E-state index contributed by atoms with van der Waals surface area (Å²) in [5, 5.41) is 11.0. The highest BCUT2D eigenvalue weighted by molar-refractivity contribution is 6.02. The average molecular weight is 471 g/mol. The third-order valence-corrected chi connectivity index (χ3v) is 6.19. The summed E-state index contributed by atoms with van der Waals surface area (Å²) in [6.07, 6.45) is 2.96. The van der Waals surface area contributed by atoms with Crippen LogP contribution in [0.3, 0.4) is 0 Å². The van der Waals surface area contributed by atoms with E-state index in [0.717, 1.165) is 17.0 Å². The Hall–Kier alpha value is -4.47. The molecule has 2 aromatic carbocycles. The number of aromatic nitrogens is 5. The van der Waals surface area contributed by atoms with Gasteiger partial charge in [-0.05, 0) is 36.8 Å². The molecule has 1 unspecified atom stereocenters. The lowest BCUT2D eigenvalue weighted by atomic mass is 10.2. The zero-order valence-corrected chi connectivity index (χ0v) is 19.1. The molecule has 1 aliphatic rings. The minimum Gasteiger partial charge on any atom is -0.485 e. The number of aromatic amines is 1. The van der Waals surface area contributed by atoms with E-state index in [9.17, 15) is 9.18 Å². The summed E-state index contributed by atoms with van der Waals surface area (Å²) in [7, 11) is 2.02. The highest BCUT2D eigenvalue weighted by Crippen LogP contribution is 2.32. The Morgan fingerprint density at radius 2 is 2.06 bits per heavy atom. The first kappa shape index (κ1) is 21.1. The van der Waals surface area contributed by atoms with Crippen LogP contribution in [0.5, 0.6) is 5.75 Å². The summed E-state index contributed by atoms with van der Waals surface area (Å²) in [5.74, 6) is 0.608. The van der Waals surface area contributed by atoms with E-state index in [1.54, 1.807) is 25.3 Å². The first-order valence-electron chi connectivity index (χ1n) is 11.2. The Balaban J connectivity index is 1.39. The maximum atomic E-state index is 15.0. The van der Waals surface area contributed by atoms with E-state index in [1.807, 2.05) is 31.3 Å². The van der Waals surface area contributed by atoms with Crippen LogP contribution in [0.2, 0.25) is 0 Å². The molecule has 10 heteroatoms. The van der Waals surface area contributed by atoms with E-state index in [1.165, 1.54) is 16.8 Å². The van der Waals surface area contributed by atoms with Crippen LogP contribution in [0, 0.1) is 12.7 Å². The summed E-state index contributed by atoms with van der Waals surface area (Å²) in [4.78, 5) is 24.5. The number of para-hydroxylation sites is 2. The number of fused-ring (bicyclic) bond motifs is 4. The van der Waals surface area contributed by atoms with Crippen molar-refractivity contribution >= 4 is 33.6 Å². The van der Waals surface area contributed by atoms with Gasteiger partial charge in [-0.3, -0.25) is 14.5 Å². The Kier molecular flexibility index (Phi) is 4.87. The highest BCUT2D eigenvalue weighted by Gasteiger charge is 2.24. The Labute approximate surface area is 199 Å². The Morgan fingerprint density at radius 1 is 1.20 bits per heavy atom. The molecule has 2 N–H and O–H groups in total. The smallest absolute Gasteiger partial charge is 0.267 e. The maximum Gasteiger partial charge on any atom is 0.267 e. The summed E-state index contributed by atoms with van der Waals surface area (Å²) in [6, 6.07) is 12.6. The molecule has 0 saturated carbocycles. The molecule has 0 saturated heterocycles. The van der Waals surface area contributed by atoms with Crippen LogP contribution in [0.1, 0.15) is 5.56 Å². The number of hydrogen-bond donors (Lipinski definition) is 2. The normalized spacial score (nSPS) is 15.3. The molecular formula is C25H22FN7O2. The van der Waals surface area contributed by atoms with Crippen molar-refractivity contribution in [3.63, 3.8) is 0 Å². The van der Waals surface area contributed by atoms with Crippen LogP contribution in [0.4, 0.5) is 16.0 Å². The minimum absolute atomic E-state index is 0.118. The van der Waals surface area contributed by atoms with Gasteiger partial charge in [0.05, 0.1) is 35.2 Å². The average Bonchev–Trinajstić information content (AvgIpc) is 3.35. The van der Waals surface area contributed by atoms with Gasteiger partial charge >= 0.3 is 0 Å². The van der Waals surface area contributed by atoms with E-state index in [2.05, 4.69) is 30.4 Å². The van der Waals surface area contributed by atoms with Crippen LogP contribution in [0.15, 0.2) is 59.7 Å². The predicted molar refractivity (Wildman–Crippen MR) is 132 cm³/mol. The lowest BCUT2D eigenvalue weighted by Gasteiger charge is -2.33. The number of nitrogens with zero attached hydrogens (tertiary/aromatic N) is 5. The van der Waals surface area contributed by atoms with Gasteiger partial charge in [-0.15, -0.1) is 0 Å². The topological polar surface area (TPSA) is 101 Å². The van der Waals surface area contributed by atoms with E-state index < -0.39 is 11.4 Å². The number of hydrogen-bond acceptors (Lipinski definition) is 7. The molecule has 6 rings (SSSR count). The molecule has 0 amide bonds. The van der Waals surface area contributed by atoms with Crippen molar-refractivity contribution in [2.45, 2.75) is 13.0 Å². The van der Waals surface area contributed by atoms with Crippen LogP contribution in [-0.4, -0.2) is 51.0 Å². The first-order valence-corrected chi connectivity index (χ1v) is 11.2. The molecule has 0 spiro atoms. The molecule has 1 aliphatic heterocycles. The number of benzene rings is 2. The lowest BCUT2D eigenvalue weighted by Crippen LogP contribution is -2.41. The fraction of sp³-hybridized carbons (Fsp3) is 0.200. The number of nitrogens with one attached hydrogen (secondary N) is 2. The highest BCUT2D eigenvalue weighted by atomic mass is 19.1. The van der Waals surface area contributed by atoms with Gasteiger partial charge in [0.15, 0.2) is 5.65 Å². The summed E-state index contributed by atoms with van der Waals surface area (Å²) in [6.45, 7) is 2.92. The van der Waals surface area contributed by atoms with Crippen molar-refractivity contribution < 1.29 is 9.13 Å². The number of aryl methyl sites for hydroxylation is 1. The molecular weight excluding hydrogens is 449 g/mol. The molecule has 35 heavy (non-hydrogen) atoms. The number of rotatable bonds is 4. The van der Waals surface area contributed by atoms with Crippen molar-refractivity contribution in [3.05, 3.63) is 76.6 Å². The van der Waals surface area contributed by atoms with Crippen molar-refractivity contribution in [2.75, 3.05) is 30.4 Å². The van der Waals surface area contributed by atoms with Gasteiger partial charge in [0.25, 0.3) is 5.56 Å². The number of pyridine rings is 1. The number of likely N-dealkylation sites (N-methyl/N-ethyl adjacent to an activating group) is 1. The molecule has 176 valence electrons. The molecule has 1 atom stereocenters. The largest absolute Gasteiger partial charge is 0.485 e. The van der Waals surface area contributed by atoms with E-state index >= 15 is 0 Å². The number of ether oxygens (including phenoxy) is 1. The van der Waals surface area contributed by atoms with E-state index in [-0.39, 0.29) is 17.4 Å². The zero-order valence-electron chi connectivity index (χ0n) is 19.1. The Bertz CT molecular complexity index is 1640. The number of H-pyrrole nitrogens is 1. The Morgan fingerprint density at radius 3 is 2.91 bits per heavy atom. The van der Waals surface area contributed by atoms with Gasteiger partial charge in [-0.1, -0.05) is 18.2 Å².